The molecule has 13 aromatic rings. The first-order valence-corrected chi connectivity index (χ1v) is 26.5. The van der Waals surface area contributed by atoms with Gasteiger partial charge in [-0.25, -0.2) is 0 Å². The van der Waals surface area contributed by atoms with Crippen molar-refractivity contribution in [3.8, 4) is 87.6 Å². The fourth-order valence-corrected chi connectivity index (χ4v) is 13.3. The first kappa shape index (κ1) is 43.8. The van der Waals surface area contributed by atoms with Crippen molar-refractivity contribution in [1.29, 1.82) is 0 Å². The van der Waals surface area contributed by atoms with Crippen LogP contribution in [0.1, 0.15) is 22.3 Å². The van der Waals surface area contributed by atoms with Gasteiger partial charge in [-0.15, -0.1) is 22.7 Å². The maximum atomic E-state index is 2.45. The second-order valence-electron chi connectivity index (χ2n) is 19.5. The number of aryl methyl sites for hydroxylation is 4. The van der Waals surface area contributed by atoms with Gasteiger partial charge in [-0.3, -0.25) is 0 Å². The van der Waals surface area contributed by atoms with Gasteiger partial charge < -0.3 is 0 Å². The molecule has 2 heterocycles. The molecule has 0 saturated carbocycles. The van der Waals surface area contributed by atoms with E-state index in [1.165, 1.54) is 152 Å². The Labute approximate surface area is 429 Å². The molecule has 13 rings (SSSR count). The van der Waals surface area contributed by atoms with Gasteiger partial charge in [-0.2, -0.15) is 0 Å². The molecule has 11 aromatic carbocycles. The Morgan fingerprint density at radius 2 is 0.486 bits per heavy atom. The maximum Gasteiger partial charge on any atom is 0.0433 e. The molecule has 2 aromatic heterocycles. The molecule has 0 bridgehead atoms. The van der Waals surface area contributed by atoms with Crippen LogP contribution in [-0.4, -0.2) is 0 Å². The van der Waals surface area contributed by atoms with Crippen molar-refractivity contribution in [2.75, 3.05) is 0 Å². The highest BCUT2D eigenvalue weighted by Gasteiger charge is 2.22. The first-order chi connectivity index (χ1) is 35.3. The summed E-state index contributed by atoms with van der Waals surface area (Å²) in [7, 11) is 0. The van der Waals surface area contributed by atoms with Crippen LogP contribution in [0.2, 0.25) is 0 Å². The molecule has 0 nitrogen and oxygen atoms in total. The van der Waals surface area contributed by atoms with Gasteiger partial charge >= 0.3 is 0 Å². The zero-order chi connectivity index (χ0) is 48.5. The lowest BCUT2D eigenvalue weighted by molar-refractivity contribution is 1.47. The molecule has 0 amide bonds. The van der Waals surface area contributed by atoms with Gasteiger partial charge in [0.1, 0.15) is 0 Å². The van der Waals surface area contributed by atoms with Crippen molar-refractivity contribution < 1.29 is 0 Å². The summed E-state index contributed by atoms with van der Waals surface area (Å²) in [6.45, 7) is 8.64. The largest absolute Gasteiger partial charge is 0.135 e. The number of hydrogen-bond donors (Lipinski definition) is 0. The summed E-state index contributed by atoms with van der Waals surface area (Å²) in [5, 5.41) is 7.56. The minimum atomic E-state index is 1.21. The third-order valence-corrected chi connectivity index (χ3v) is 17.0. The van der Waals surface area contributed by atoms with Crippen LogP contribution in [-0.2, 0) is 0 Å². The molecule has 0 N–H and O–H groups in total. The third-order valence-electron chi connectivity index (χ3n) is 14.6. The van der Waals surface area contributed by atoms with Gasteiger partial charge in [0.05, 0.1) is 0 Å². The normalized spacial score (nSPS) is 11.6. The second kappa shape index (κ2) is 17.9. The van der Waals surface area contributed by atoms with Gasteiger partial charge in [0.2, 0.25) is 0 Å². The number of hydrogen-bond acceptors (Lipinski definition) is 2. The number of fused-ring (bicyclic) bond motifs is 4. The molecule has 0 aliphatic carbocycles. The Kier molecular flexibility index (Phi) is 10.9. The molecular weight excluding hydrogens is 905 g/mol. The molecule has 0 fully saturated rings. The van der Waals surface area contributed by atoms with Crippen molar-refractivity contribution in [3.05, 3.63) is 253 Å². The molecule has 0 spiro atoms. The number of thiophene rings is 2. The monoisotopic (exact) mass is 954 g/mol. The quantitative estimate of drug-likeness (QED) is 0.133. The van der Waals surface area contributed by atoms with Crippen LogP contribution in [0.15, 0.2) is 231 Å². The molecule has 72 heavy (non-hydrogen) atoms. The minimum Gasteiger partial charge on any atom is -0.135 e. The van der Waals surface area contributed by atoms with Crippen molar-refractivity contribution in [3.63, 3.8) is 0 Å². The first-order valence-electron chi connectivity index (χ1n) is 24.9. The van der Waals surface area contributed by atoms with E-state index in [2.05, 4.69) is 258 Å². The summed E-state index contributed by atoms with van der Waals surface area (Å²) < 4.78 is 2.58. The highest BCUT2D eigenvalue weighted by molar-refractivity contribution is 7.23. The second-order valence-corrected chi connectivity index (χ2v) is 21.6. The zero-order valence-corrected chi connectivity index (χ0v) is 42.4. The highest BCUT2D eigenvalue weighted by Crippen LogP contribution is 2.50. The summed E-state index contributed by atoms with van der Waals surface area (Å²) >= 11 is 3.79. The molecule has 0 aliphatic rings. The van der Waals surface area contributed by atoms with E-state index in [0.29, 0.717) is 0 Å². The zero-order valence-electron chi connectivity index (χ0n) is 40.8. The Hall–Kier alpha value is -8.14. The standard InChI is InChI=1S/C70H50S2/c1-43-15-23-49(24-16-43)67-59-37-33-55(41-63(59)71-69(67)51-27-19-45(3)20-28-51)53-31-35-57-61(39-53)65(47-11-7-5-8-12-47)58-36-32-54(40-62(58)66(57)48-13-9-6-10-14-48)56-34-38-60-64(42-56)72-70(52-29-21-46(4)22-30-52)68(60)50-25-17-44(2)18-26-50/h5-42H,1-4H3. The van der Waals surface area contributed by atoms with Crippen molar-refractivity contribution in [1.82, 2.24) is 0 Å². The predicted octanol–water partition coefficient (Wildman–Crippen LogP) is 21.0. The molecule has 0 atom stereocenters. The highest BCUT2D eigenvalue weighted by atomic mass is 32.1. The van der Waals surface area contributed by atoms with E-state index in [1.807, 2.05) is 22.7 Å². The summed E-state index contributed by atoms with van der Waals surface area (Å²) in [4.78, 5) is 2.62. The van der Waals surface area contributed by atoms with Gasteiger partial charge in [0, 0.05) is 41.1 Å². The smallest absolute Gasteiger partial charge is 0.0433 e. The topological polar surface area (TPSA) is 0 Å². The van der Waals surface area contributed by atoms with Gasteiger partial charge in [-0.1, -0.05) is 229 Å². The Bertz CT molecular complexity index is 3900. The van der Waals surface area contributed by atoms with E-state index in [0.717, 1.165) is 0 Å². The fourth-order valence-electron chi connectivity index (χ4n) is 10.8. The fraction of sp³-hybridized carbons (Fsp3) is 0.0571. The van der Waals surface area contributed by atoms with Crippen molar-refractivity contribution in [2.24, 2.45) is 0 Å². The minimum absolute atomic E-state index is 1.21. The average molecular weight is 955 g/mol. The van der Waals surface area contributed by atoms with Gasteiger partial charge in [0.15, 0.2) is 0 Å². The van der Waals surface area contributed by atoms with Crippen LogP contribution in [0, 0.1) is 27.7 Å². The van der Waals surface area contributed by atoms with E-state index < -0.39 is 0 Å². The van der Waals surface area contributed by atoms with Crippen LogP contribution in [0.25, 0.3) is 129 Å². The van der Waals surface area contributed by atoms with Crippen LogP contribution in [0.4, 0.5) is 0 Å². The van der Waals surface area contributed by atoms with Gasteiger partial charge in [-0.05, 0) is 140 Å². The Morgan fingerprint density at radius 1 is 0.208 bits per heavy atom. The summed E-state index contributed by atoms with van der Waals surface area (Å²) in [5.41, 5.74) is 22.5. The van der Waals surface area contributed by atoms with Crippen LogP contribution < -0.4 is 0 Å². The van der Waals surface area contributed by atoms with Crippen LogP contribution >= 0.6 is 22.7 Å². The summed E-state index contributed by atoms with van der Waals surface area (Å²) in [6, 6.07) is 86.6. The van der Waals surface area contributed by atoms with Crippen LogP contribution in [0.5, 0.6) is 0 Å². The van der Waals surface area contributed by atoms with Gasteiger partial charge in [0.25, 0.3) is 0 Å². The number of rotatable bonds is 8. The maximum absolute atomic E-state index is 2.45. The lowest BCUT2D eigenvalue weighted by atomic mass is 9.84. The molecule has 2 heteroatoms. The van der Waals surface area contributed by atoms with E-state index >= 15 is 0 Å². The Morgan fingerprint density at radius 3 is 0.833 bits per heavy atom. The lowest BCUT2D eigenvalue weighted by Gasteiger charge is -2.19. The van der Waals surface area contributed by atoms with Crippen molar-refractivity contribution >= 4 is 64.4 Å². The van der Waals surface area contributed by atoms with Crippen LogP contribution in [0.3, 0.4) is 0 Å². The van der Waals surface area contributed by atoms with E-state index in [1.54, 1.807) is 0 Å². The molecular formula is C70H50S2. The lowest BCUT2D eigenvalue weighted by Crippen LogP contribution is -1.92. The summed E-state index contributed by atoms with van der Waals surface area (Å²) in [6.07, 6.45) is 0. The molecule has 0 unspecified atom stereocenters. The average Bonchev–Trinajstić information content (AvgIpc) is 4.00. The number of benzene rings is 11. The molecule has 0 saturated heterocycles. The third kappa shape index (κ3) is 7.76. The molecule has 0 aliphatic heterocycles. The predicted molar refractivity (Wildman–Crippen MR) is 315 cm³/mol. The van der Waals surface area contributed by atoms with E-state index in [4.69, 9.17) is 0 Å². The summed E-state index contributed by atoms with van der Waals surface area (Å²) in [5.74, 6) is 0. The molecule has 342 valence electrons. The van der Waals surface area contributed by atoms with Crippen molar-refractivity contribution in [2.45, 2.75) is 27.7 Å². The SMILES string of the molecule is Cc1ccc(-c2sc3cc(-c4ccc5c(-c6ccccc6)c6cc(-c7ccc8c(-c9ccc(C)cc9)c(-c9ccc(C)cc9)sc8c7)ccc6c(-c6ccccc6)c5c4)ccc3c2-c2ccc(C)cc2)cc1. The molecule has 0 radical (unpaired) electrons. The van der Waals surface area contributed by atoms with E-state index in [9.17, 15) is 0 Å². The Balaban J connectivity index is 0.999. The van der Waals surface area contributed by atoms with E-state index in [-0.39, 0.29) is 0 Å².